The van der Waals surface area contributed by atoms with E-state index in [4.69, 9.17) is 20.8 Å². The number of hydrogen-bond donors (Lipinski definition) is 1. The van der Waals surface area contributed by atoms with E-state index >= 15 is 0 Å². The highest BCUT2D eigenvalue weighted by Crippen LogP contribution is 2.34. The average Bonchev–Trinajstić information content (AvgIpc) is 3.46. The van der Waals surface area contributed by atoms with E-state index in [0.717, 1.165) is 31.4 Å². The molecule has 4 rings (SSSR count). The van der Waals surface area contributed by atoms with Crippen LogP contribution in [0.25, 0.3) is 0 Å². The highest BCUT2D eigenvalue weighted by molar-refractivity contribution is 6.30. The second-order valence-electron chi connectivity index (χ2n) is 11.8. The van der Waals surface area contributed by atoms with Crippen molar-refractivity contribution in [2.45, 2.75) is 96.7 Å². The number of anilines is 1. The number of nitrogens with one attached hydrogen (secondary N) is 1. The molecule has 0 spiro atoms. The topological polar surface area (TPSA) is 93.9 Å². The van der Waals surface area contributed by atoms with E-state index in [2.05, 4.69) is 34.1 Å². The number of carbonyl (C=O) groups is 2. The maximum atomic E-state index is 13.5. The number of aromatic nitrogens is 1. The zero-order chi connectivity index (χ0) is 33.2. The Morgan fingerprint density at radius 2 is 1.78 bits per heavy atom. The summed E-state index contributed by atoms with van der Waals surface area (Å²) in [6.07, 6.45) is -0.200. The summed E-state index contributed by atoms with van der Waals surface area (Å²) in [5, 5.41) is 3.70. The molecule has 8 nitrogen and oxygen atoms in total. The summed E-state index contributed by atoms with van der Waals surface area (Å²) in [5.41, 5.74) is 0.431. The standard InChI is InChI=1S/C28H31ClF3N3O3.C5H10O2/c1-3-22-14-24(15-23(33-22)12-18-8-6-5-7-9-18)35(27-34-25(17-38-27)26(36)37-4-2)16-19-10-20(28(30,31)32)13-21(29)11-19;1-5(2,3)7-4-6/h5-11,13,17,22-24,33H,3-4,12,14-16H2,1-2H3;4H,1-3H3. The Bertz CT molecular complexity index is 1380. The van der Waals surface area contributed by atoms with Crippen molar-refractivity contribution < 1.29 is 36.7 Å². The van der Waals surface area contributed by atoms with Crippen molar-refractivity contribution in [2.75, 3.05) is 11.5 Å². The minimum atomic E-state index is -4.53. The van der Waals surface area contributed by atoms with E-state index in [1.165, 1.54) is 17.9 Å². The van der Waals surface area contributed by atoms with E-state index in [-0.39, 0.29) is 53.6 Å². The Morgan fingerprint density at radius 1 is 1.09 bits per heavy atom. The molecule has 1 aromatic heterocycles. The molecule has 1 aliphatic rings. The molecule has 0 radical (unpaired) electrons. The third-order valence-corrected chi connectivity index (χ3v) is 7.32. The predicted octanol–water partition coefficient (Wildman–Crippen LogP) is 7.63. The normalized spacial score (nSPS) is 18.4. The minimum absolute atomic E-state index is 0.00640. The van der Waals surface area contributed by atoms with Crippen LogP contribution < -0.4 is 10.2 Å². The molecule has 246 valence electrons. The van der Waals surface area contributed by atoms with Gasteiger partial charge in [0.2, 0.25) is 0 Å². The maximum Gasteiger partial charge on any atom is 0.416 e. The van der Waals surface area contributed by atoms with Crippen LogP contribution in [0.4, 0.5) is 19.2 Å². The zero-order valence-corrected chi connectivity index (χ0v) is 27.0. The summed E-state index contributed by atoms with van der Waals surface area (Å²) < 4.78 is 55.9. The van der Waals surface area contributed by atoms with Crippen molar-refractivity contribution in [1.29, 1.82) is 0 Å². The first-order chi connectivity index (χ1) is 21.2. The van der Waals surface area contributed by atoms with Gasteiger partial charge in [0.1, 0.15) is 11.9 Å². The molecule has 3 unspecified atom stereocenters. The molecule has 2 heterocycles. The first-order valence-electron chi connectivity index (χ1n) is 14.9. The van der Waals surface area contributed by atoms with Crippen LogP contribution in [-0.4, -0.2) is 47.8 Å². The summed E-state index contributed by atoms with van der Waals surface area (Å²) in [7, 11) is 0. The van der Waals surface area contributed by atoms with Gasteiger partial charge < -0.3 is 24.1 Å². The van der Waals surface area contributed by atoms with Gasteiger partial charge in [0.25, 0.3) is 12.5 Å². The highest BCUT2D eigenvalue weighted by atomic mass is 35.5. The maximum absolute atomic E-state index is 13.5. The molecule has 0 amide bonds. The molecular formula is C33H41ClF3N3O5. The Hall–Kier alpha value is -3.57. The molecule has 1 fully saturated rings. The third kappa shape index (κ3) is 11.4. The van der Waals surface area contributed by atoms with Crippen LogP contribution in [-0.2, 0) is 33.4 Å². The molecule has 1 aliphatic heterocycles. The first kappa shape index (κ1) is 35.9. The lowest BCUT2D eigenvalue weighted by Crippen LogP contribution is -2.53. The summed E-state index contributed by atoms with van der Waals surface area (Å²) in [4.78, 5) is 28.1. The fourth-order valence-corrected chi connectivity index (χ4v) is 5.35. The average molecular weight is 652 g/mol. The number of hydrogen-bond acceptors (Lipinski definition) is 8. The monoisotopic (exact) mass is 651 g/mol. The number of piperidine rings is 1. The molecule has 45 heavy (non-hydrogen) atoms. The van der Waals surface area contributed by atoms with E-state index in [0.29, 0.717) is 18.5 Å². The van der Waals surface area contributed by atoms with Crippen molar-refractivity contribution >= 4 is 30.1 Å². The van der Waals surface area contributed by atoms with Crippen molar-refractivity contribution in [2.24, 2.45) is 0 Å². The van der Waals surface area contributed by atoms with Crippen LogP contribution in [0.5, 0.6) is 0 Å². The van der Waals surface area contributed by atoms with Gasteiger partial charge in [0.05, 0.1) is 12.2 Å². The lowest BCUT2D eigenvalue weighted by Gasteiger charge is -2.41. The predicted molar refractivity (Wildman–Crippen MR) is 166 cm³/mol. The summed E-state index contributed by atoms with van der Waals surface area (Å²) in [5.74, 6) is -0.622. The number of alkyl halides is 3. The lowest BCUT2D eigenvalue weighted by atomic mass is 9.88. The van der Waals surface area contributed by atoms with Crippen molar-refractivity contribution in [1.82, 2.24) is 10.3 Å². The fourth-order valence-electron chi connectivity index (χ4n) is 5.10. The number of benzene rings is 2. The van der Waals surface area contributed by atoms with Gasteiger partial charge in [-0.05, 0) is 82.7 Å². The van der Waals surface area contributed by atoms with Crippen molar-refractivity contribution in [3.05, 3.63) is 82.2 Å². The number of nitrogens with zero attached hydrogens (tertiary/aromatic N) is 2. The second kappa shape index (κ2) is 16.1. The number of oxazole rings is 1. The smallest absolute Gasteiger partial charge is 0.416 e. The second-order valence-corrected chi connectivity index (χ2v) is 12.3. The van der Waals surface area contributed by atoms with Crippen LogP contribution in [0.2, 0.25) is 5.02 Å². The van der Waals surface area contributed by atoms with Gasteiger partial charge in [-0.1, -0.05) is 48.9 Å². The first-order valence-corrected chi connectivity index (χ1v) is 15.3. The van der Waals surface area contributed by atoms with Gasteiger partial charge in [-0.15, -0.1) is 0 Å². The Labute approximate surface area is 267 Å². The number of esters is 1. The molecule has 0 aliphatic carbocycles. The third-order valence-electron chi connectivity index (χ3n) is 7.10. The van der Waals surface area contributed by atoms with Crippen molar-refractivity contribution in [3.63, 3.8) is 0 Å². The molecule has 2 aromatic carbocycles. The Kier molecular flexibility index (Phi) is 12.9. The van der Waals surface area contributed by atoms with Gasteiger partial charge in [0, 0.05) is 29.7 Å². The van der Waals surface area contributed by atoms with Gasteiger partial charge in [-0.25, -0.2) is 4.79 Å². The Balaban J connectivity index is 0.000000707. The van der Waals surface area contributed by atoms with Crippen LogP contribution in [0.15, 0.2) is 59.2 Å². The molecule has 1 saturated heterocycles. The van der Waals surface area contributed by atoms with Gasteiger partial charge >= 0.3 is 12.1 Å². The van der Waals surface area contributed by atoms with Crippen LogP contribution in [0, 0.1) is 0 Å². The SMILES string of the molecule is CC(C)(C)OC=O.CCOC(=O)c1coc(N(Cc2cc(Cl)cc(C(F)(F)F)c2)C2CC(CC)NC(Cc3ccccc3)C2)n1. The number of rotatable bonds is 10. The van der Waals surface area contributed by atoms with Crippen LogP contribution in [0.3, 0.4) is 0 Å². The Morgan fingerprint density at radius 3 is 2.36 bits per heavy atom. The minimum Gasteiger partial charge on any atom is -0.462 e. The van der Waals surface area contributed by atoms with Gasteiger partial charge in [0.15, 0.2) is 5.69 Å². The zero-order valence-electron chi connectivity index (χ0n) is 26.2. The number of ether oxygens (including phenoxy) is 2. The molecule has 0 bridgehead atoms. The number of carbonyl (C=O) groups excluding carboxylic acids is 2. The van der Waals surface area contributed by atoms with E-state index in [9.17, 15) is 22.8 Å². The number of halogens is 4. The summed E-state index contributed by atoms with van der Waals surface area (Å²) in [6.45, 7) is 9.97. The van der Waals surface area contributed by atoms with E-state index in [1.807, 2.05) is 43.9 Å². The van der Waals surface area contributed by atoms with E-state index < -0.39 is 17.7 Å². The van der Waals surface area contributed by atoms with Crippen molar-refractivity contribution in [3.8, 4) is 0 Å². The van der Waals surface area contributed by atoms with Crippen LogP contribution in [0.1, 0.15) is 81.1 Å². The quantitative estimate of drug-likeness (QED) is 0.177. The molecular weight excluding hydrogens is 611 g/mol. The molecule has 3 aromatic rings. The molecule has 12 heteroatoms. The summed E-state index contributed by atoms with van der Waals surface area (Å²) >= 11 is 6.08. The van der Waals surface area contributed by atoms with Crippen LogP contribution >= 0.6 is 11.6 Å². The lowest BCUT2D eigenvalue weighted by molar-refractivity contribution is -0.139. The largest absolute Gasteiger partial charge is 0.462 e. The molecule has 3 atom stereocenters. The summed E-state index contributed by atoms with van der Waals surface area (Å²) in [6, 6.07) is 14.0. The highest BCUT2D eigenvalue weighted by Gasteiger charge is 2.35. The molecule has 1 N–H and O–H groups in total. The van der Waals surface area contributed by atoms with Gasteiger partial charge in [-0.3, -0.25) is 4.79 Å². The van der Waals surface area contributed by atoms with E-state index in [1.54, 1.807) is 6.92 Å². The van der Waals surface area contributed by atoms with Gasteiger partial charge in [-0.2, -0.15) is 18.2 Å². The molecule has 0 saturated carbocycles. The fraction of sp³-hybridized carbons (Fsp3) is 0.485.